The van der Waals surface area contributed by atoms with Crippen LogP contribution in [0.4, 0.5) is 22.7 Å². The molecule has 2 aliphatic heterocycles. The Morgan fingerprint density at radius 1 is 0.280 bits per heavy atom. The van der Waals surface area contributed by atoms with Crippen molar-refractivity contribution >= 4 is 624 Å². The van der Waals surface area contributed by atoms with Crippen LogP contribution in [0.15, 0.2) is 231 Å². The van der Waals surface area contributed by atoms with Gasteiger partial charge in [-0.1, -0.05) is 209 Å². The van der Waals surface area contributed by atoms with Crippen molar-refractivity contribution in [3.05, 3.63) is 269 Å². The number of fused-ring (bicyclic) bond motifs is 12. The van der Waals surface area contributed by atoms with Crippen LogP contribution in [0.1, 0.15) is 112 Å². The quantitative estimate of drug-likeness (QED) is 0.0559. The van der Waals surface area contributed by atoms with E-state index in [0.29, 0.717) is 0 Å². The van der Waals surface area contributed by atoms with Gasteiger partial charge in [-0.15, -0.1) is 0 Å². The van der Waals surface area contributed by atoms with Gasteiger partial charge in [0.25, 0.3) is 0 Å². The van der Waals surface area contributed by atoms with E-state index in [-0.39, 0.29) is 21.9 Å². The maximum absolute atomic E-state index is 6.49. The maximum atomic E-state index is 6.49. The first-order valence-electron chi connectivity index (χ1n) is 36.3. The van der Waals surface area contributed by atoms with Crippen LogP contribution in [0.5, 0.6) is 0 Å². The third-order valence-electron chi connectivity index (χ3n) is 22.1. The molecule has 46 heteroatoms. The summed E-state index contributed by atoms with van der Waals surface area (Å²) in [4.78, 5) is 5.30. The van der Waals surface area contributed by atoms with Gasteiger partial charge in [-0.3, -0.25) is 0 Å². The normalized spacial score (nSPS) is 20.6. The van der Waals surface area contributed by atoms with Crippen LogP contribution in [-0.2, 0) is 17.3 Å². The molecule has 0 bridgehead atoms. The van der Waals surface area contributed by atoms with Crippen molar-refractivity contribution < 1.29 is 0 Å². The first-order chi connectivity index (χ1) is 59.4. The first-order valence-corrected chi connectivity index (χ1v) is 294. The fourth-order valence-electron chi connectivity index (χ4n) is 16.6. The summed E-state index contributed by atoms with van der Waals surface area (Å²) in [6, 6.07) is 84.5. The van der Waals surface area contributed by atoms with E-state index >= 15 is 0 Å². The summed E-state index contributed by atoms with van der Waals surface area (Å²) >= 11 is 77.5. The summed E-state index contributed by atoms with van der Waals surface area (Å²) < 4.78 is 2.46. The van der Waals surface area contributed by atoms with Crippen LogP contribution in [-0.4, -0.2) is 15.6 Å². The molecule has 3 heterocycles. The smallest absolute Gasteiger partial charge is 0.00135 e. The number of aromatic nitrogens is 1. The summed E-state index contributed by atoms with van der Waals surface area (Å²) in [5.74, 6) is 0. The number of halogens is 43. The van der Waals surface area contributed by atoms with Crippen molar-refractivity contribution in [2.45, 2.75) is 121 Å². The molecular formula is C79H74ClI42N3. The number of hydrogen-bond donors (Lipinski definition) is 0. The Balaban J connectivity index is 0.000000151. The molecule has 0 spiro atoms. The zero-order valence-corrected chi connectivity index (χ0v) is 156. The van der Waals surface area contributed by atoms with E-state index < -0.39 is 158 Å². The Morgan fingerprint density at radius 3 is 0.928 bits per heavy atom. The van der Waals surface area contributed by atoms with Crippen LogP contribution in [0.2, 0.25) is 5.02 Å². The monoisotopic (exact) mass is 6430 g/mol. The van der Waals surface area contributed by atoms with E-state index in [2.05, 4.69) is 690 Å². The number of nitrogens with zero attached hydrogens (tertiary/aromatic N) is 3. The minimum absolute atomic E-state index is 0.00871. The van der Waals surface area contributed by atoms with Gasteiger partial charge in [-0.2, -0.15) is 0 Å². The number of para-hydroxylation sites is 2. The number of rotatable bonds is 24. The van der Waals surface area contributed by atoms with E-state index in [0.717, 1.165) is 11.4 Å². The predicted octanol–water partition coefficient (Wildman–Crippen LogP) is 59.0. The standard InChI is InChI=1S/C39H36N2.C27H28ClN.C13H10.I42/c1-27-23-30(40-35-17-9-7-15-32(35)33-16-8-10-18-36(33)40)26-31(24-27)41-37-20-19-29(28-13-5-4-6-14-28)25-34(37)38(2)21-11-12-22-39(38,41)3;1-19-15-22(28)18-23(16-19)29-25-12-11-21(20-9-5-4-6-10-20)17-24(25)26(2)13-7-8-14-27(26,29)3;1-3-7-12-10(5-1)9-11-6-2-4-8-13(11)12;1-23(2)25(5)27(7)29(9)31(11)33(13)35(15)37(17)39(19)41(21)42(22)40(20)38(18)36(16)34(14)32(12)30(10)28(8)26(6)24(3)4/h4-10,13-20,23-26H,11-12,21-22H2,1-3H3;4-6,9-12,15-18H,7-8,13-14H2,1-3H3;1-8H,9H2;. The van der Waals surface area contributed by atoms with Crippen molar-refractivity contribution in [2.75, 3.05) is 9.80 Å². The van der Waals surface area contributed by atoms with E-state index in [1.54, 1.807) is 0 Å². The van der Waals surface area contributed by atoms with E-state index in [4.69, 9.17) is 11.6 Å². The third kappa shape index (κ3) is 30.6. The second-order valence-corrected chi connectivity index (χ2v) is 1000. The van der Waals surface area contributed by atoms with Gasteiger partial charge in [-0.25, -0.2) is 0 Å². The fourth-order valence-corrected chi connectivity index (χ4v) is 7560. The molecule has 125 heavy (non-hydrogen) atoms. The molecule has 4 atom stereocenters. The molecule has 3 nitrogen and oxygen atoms in total. The molecule has 2 fully saturated rings. The third-order valence-corrected chi connectivity index (χ3v) is 3160. The topological polar surface area (TPSA) is 11.4 Å². The Bertz CT molecular complexity index is 5370. The molecule has 5 aliphatic rings. The van der Waals surface area contributed by atoms with Crippen LogP contribution >= 0.6 is 579 Å². The molecular weight excluding hydrogens is 6360 g/mol. The zero-order chi connectivity index (χ0) is 90.2. The molecule has 10 aromatic carbocycles. The number of hydrogen-bond acceptors (Lipinski definition) is 2. The maximum Gasteiger partial charge on any atom is -0.00135 e. The minimum Gasteiger partial charge on any atom is -0.0619 e. The zero-order valence-electron chi connectivity index (χ0n) is 64.9. The Labute approximate surface area is 1030 Å². The van der Waals surface area contributed by atoms with Gasteiger partial charge in [0.1, 0.15) is 0 Å². The van der Waals surface area contributed by atoms with Crippen molar-refractivity contribution in [1.29, 1.82) is 0 Å². The number of aryl methyl sites for hydroxylation is 2. The van der Waals surface area contributed by atoms with Crippen LogP contribution < -0.4 is 9.80 Å². The summed E-state index contributed by atoms with van der Waals surface area (Å²) in [6.07, 6.45) is 11.1. The van der Waals surface area contributed by atoms with Crippen molar-refractivity contribution in [2.24, 2.45) is 0 Å². The van der Waals surface area contributed by atoms with Gasteiger partial charge in [0.05, 0.1) is 22.1 Å². The average Bonchev–Trinajstić information content (AvgIpc) is 1.54. The molecule has 1 aromatic heterocycles. The molecule has 2 saturated carbocycles. The van der Waals surface area contributed by atoms with Crippen molar-refractivity contribution in [3.63, 3.8) is 0 Å². The van der Waals surface area contributed by atoms with E-state index in [1.807, 2.05) is 6.07 Å². The van der Waals surface area contributed by atoms with Crippen LogP contribution in [0, 0.1) is 13.8 Å². The van der Waals surface area contributed by atoms with E-state index in [9.17, 15) is 0 Å². The van der Waals surface area contributed by atoms with E-state index in [1.165, 1.54) is 168 Å². The fraction of sp³-hybridized carbons (Fsp3) is 0.241. The molecule has 0 saturated heterocycles. The molecule has 0 amide bonds. The summed E-state index contributed by atoms with van der Waals surface area (Å²) in [7, 11) is -10.2. The average molecular weight is 6430 g/mol. The second kappa shape index (κ2) is 59.4. The molecule has 4 unspecified atom stereocenters. The summed E-state index contributed by atoms with van der Waals surface area (Å²) in [5.41, 5.74) is 25.7. The second-order valence-electron chi connectivity index (χ2n) is 28.6. The predicted molar refractivity (Wildman–Crippen MR) is 942 cm³/mol. The largest absolute Gasteiger partial charge is 0.0619 e. The number of benzene rings is 10. The van der Waals surface area contributed by atoms with Gasteiger partial charge in [0, 0.05) is 55.1 Å². The Kier molecular flexibility index (Phi) is 59.2. The van der Waals surface area contributed by atoms with Gasteiger partial charge in [-0.05, 0) is 199 Å². The van der Waals surface area contributed by atoms with Gasteiger partial charge >= 0.3 is 567 Å². The molecule has 3 aliphatic carbocycles. The van der Waals surface area contributed by atoms with Crippen LogP contribution in [0.25, 0.3) is 60.9 Å². The number of anilines is 4. The molecule has 0 radical (unpaired) electrons. The Morgan fingerprint density at radius 2 is 0.576 bits per heavy atom. The SMILES string of the molecule is Cc1cc(Cl)cc(N2c3ccc(-c4ccccc4)cc3C3(C)CCCCC23C)c1.Cc1cc(N2c3ccc(-c4ccccc4)cc3C3(C)CCCCC23C)cc(-n2c3ccccc3c3ccccc32)c1.II(I)I(I)I(I)I(I)I(I)I(I)I(I)I(I)I(I)I(I)I(I)I(I)I(I)I(I)I(I)I(I)I(I)I(I)I(I)I(I)I.c1ccc2c(c1)Cc1ccccc1-2. The molecule has 11 aromatic rings. The minimum atomic E-state index is -0.549. The van der Waals surface area contributed by atoms with Gasteiger partial charge < -0.3 is 14.4 Å². The van der Waals surface area contributed by atoms with Crippen molar-refractivity contribution in [3.8, 4) is 39.1 Å². The summed E-state index contributed by atoms with van der Waals surface area (Å²) in [6.45, 7) is 14.4. The first kappa shape index (κ1) is 124. The molecule has 706 valence electrons. The molecule has 0 N–H and O–H groups in total. The van der Waals surface area contributed by atoms with Crippen LogP contribution in [0.3, 0.4) is 0 Å². The van der Waals surface area contributed by atoms with Gasteiger partial charge in [0.15, 0.2) is 0 Å². The van der Waals surface area contributed by atoms with Gasteiger partial charge in [0.2, 0.25) is 0 Å². The van der Waals surface area contributed by atoms with Crippen molar-refractivity contribution in [1.82, 2.24) is 4.57 Å². The summed E-state index contributed by atoms with van der Waals surface area (Å²) in [5, 5.41) is 3.42. The molecule has 16 rings (SSSR count). The Hall–Kier alpha value is 22.6.